The summed E-state index contributed by atoms with van der Waals surface area (Å²) in [6.07, 6.45) is 6.31. The molecule has 0 unspecified atom stereocenters. The third-order valence-corrected chi connectivity index (χ3v) is 7.97. The summed E-state index contributed by atoms with van der Waals surface area (Å²) in [7, 11) is 1.58. The molecule has 2 atom stereocenters. The molecule has 38 heavy (non-hydrogen) atoms. The minimum Gasteiger partial charge on any atom is -0.493 e. The van der Waals surface area contributed by atoms with Gasteiger partial charge in [0.05, 0.1) is 17.7 Å². The highest BCUT2D eigenvalue weighted by Crippen LogP contribution is 2.40. The van der Waals surface area contributed by atoms with Crippen LogP contribution in [0.3, 0.4) is 0 Å². The number of halogens is 1. The van der Waals surface area contributed by atoms with Gasteiger partial charge in [0.1, 0.15) is 12.4 Å². The SMILES string of the molecule is COc1cc(/C=C2\SC(=Nc3ccccc3)N([C@H]3CCCC[C@@H]3C)C2=O)ccc1OCc1cccc(F)c1. The molecule has 0 aromatic heterocycles. The summed E-state index contributed by atoms with van der Waals surface area (Å²) in [4.78, 5) is 21.2. The molecule has 0 bridgehead atoms. The molecule has 3 aromatic rings. The van der Waals surface area contributed by atoms with Crippen LogP contribution in [0.4, 0.5) is 10.1 Å². The van der Waals surface area contributed by atoms with E-state index in [2.05, 4.69) is 6.92 Å². The van der Waals surface area contributed by atoms with Gasteiger partial charge in [0.15, 0.2) is 16.7 Å². The Hall–Kier alpha value is -3.58. The fraction of sp³-hybridized carbons (Fsp3) is 0.290. The first-order valence-corrected chi connectivity index (χ1v) is 13.8. The van der Waals surface area contributed by atoms with Gasteiger partial charge in [0.2, 0.25) is 0 Å². The number of aliphatic imine (C=N–C) groups is 1. The van der Waals surface area contributed by atoms with Crippen molar-refractivity contribution in [1.29, 1.82) is 0 Å². The largest absolute Gasteiger partial charge is 0.493 e. The van der Waals surface area contributed by atoms with Crippen LogP contribution in [0.2, 0.25) is 0 Å². The Morgan fingerprint density at radius 2 is 1.84 bits per heavy atom. The Morgan fingerprint density at radius 3 is 2.61 bits per heavy atom. The van der Waals surface area contributed by atoms with Crippen LogP contribution in [0.15, 0.2) is 82.7 Å². The maximum Gasteiger partial charge on any atom is 0.267 e. The van der Waals surface area contributed by atoms with E-state index in [0.717, 1.165) is 41.2 Å². The van der Waals surface area contributed by atoms with Crippen molar-refractivity contribution in [3.63, 3.8) is 0 Å². The fourth-order valence-electron chi connectivity index (χ4n) is 4.98. The molecule has 3 aromatic carbocycles. The van der Waals surface area contributed by atoms with Crippen LogP contribution >= 0.6 is 11.8 Å². The number of thioether (sulfide) groups is 1. The molecule has 1 heterocycles. The van der Waals surface area contributed by atoms with Crippen LogP contribution < -0.4 is 9.47 Å². The Morgan fingerprint density at radius 1 is 1.03 bits per heavy atom. The smallest absolute Gasteiger partial charge is 0.267 e. The lowest BCUT2D eigenvalue weighted by Crippen LogP contribution is -2.44. The van der Waals surface area contributed by atoms with E-state index in [1.165, 1.54) is 30.3 Å². The molecule has 5 rings (SSSR count). The number of carbonyl (C=O) groups is 1. The van der Waals surface area contributed by atoms with Crippen molar-refractivity contribution in [2.75, 3.05) is 7.11 Å². The quantitative estimate of drug-likeness (QED) is 0.295. The second-order valence-electron chi connectivity index (χ2n) is 9.67. The van der Waals surface area contributed by atoms with Gasteiger partial charge in [-0.2, -0.15) is 0 Å². The zero-order valence-corrected chi connectivity index (χ0v) is 22.4. The second-order valence-corrected chi connectivity index (χ2v) is 10.7. The summed E-state index contributed by atoms with van der Waals surface area (Å²) in [6, 6.07) is 21.8. The van der Waals surface area contributed by atoms with Crippen LogP contribution in [-0.2, 0) is 11.4 Å². The molecule has 5 nitrogen and oxygen atoms in total. The third-order valence-electron chi connectivity index (χ3n) is 6.98. The van der Waals surface area contributed by atoms with Gasteiger partial charge in [-0.3, -0.25) is 9.69 Å². The van der Waals surface area contributed by atoms with Crippen molar-refractivity contribution >= 4 is 34.6 Å². The summed E-state index contributed by atoms with van der Waals surface area (Å²) in [5.41, 5.74) is 2.39. The highest BCUT2D eigenvalue weighted by atomic mass is 32.2. The first-order chi connectivity index (χ1) is 18.5. The fourth-order valence-corrected chi connectivity index (χ4v) is 6.03. The molecule has 1 saturated heterocycles. The minimum absolute atomic E-state index is 0.00571. The standard InChI is InChI=1S/C31H31FN2O3S/c1-21-9-6-7-14-26(21)34-30(35)29(38-31(34)33-25-12-4-3-5-13-25)19-22-15-16-27(28(18-22)36-2)37-20-23-10-8-11-24(32)17-23/h3-5,8,10-13,15-19,21,26H,6-7,9,14,20H2,1-2H3/b29-19-,33-31?/t21-,26-/m0/s1. The molecular weight excluding hydrogens is 499 g/mol. The molecule has 1 amide bonds. The number of ether oxygens (including phenoxy) is 2. The van der Waals surface area contributed by atoms with Crippen LogP contribution in [0, 0.1) is 11.7 Å². The minimum atomic E-state index is -0.300. The lowest BCUT2D eigenvalue weighted by atomic mass is 9.85. The number of methoxy groups -OCH3 is 1. The van der Waals surface area contributed by atoms with E-state index in [1.54, 1.807) is 13.2 Å². The number of hydrogen-bond donors (Lipinski definition) is 0. The van der Waals surface area contributed by atoms with Gasteiger partial charge in [0, 0.05) is 6.04 Å². The van der Waals surface area contributed by atoms with E-state index in [1.807, 2.05) is 65.6 Å². The number of carbonyl (C=O) groups excluding carboxylic acids is 1. The second kappa shape index (κ2) is 11.9. The summed E-state index contributed by atoms with van der Waals surface area (Å²) in [5.74, 6) is 1.21. The molecule has 7 heteroatoms. The zero-order chi connectivity index (χ0) is 26.5. The van der Waals surface area contributed by atoms with Crippen molar-refractivity contribution in [2.45, 2.75) is 45.3 Å². The van der Waals surface area contributed by atoms with Crippen molar-refractivity contribution < 1.29 is 18.7 Å². The number of rotatable bonds is 7. The Balaban J connectivity index is 1.41. The van der Waals surface area contributed by atoms with Crippen LogP contribution in [-0.4, -0.2) is 29.1 Å². The number of nitrogens with zero attached hydrogens (tertiary/aromatic N) is 2. The molecule has 1 aliphatic heterocycles. The van der Waals surface area contributed by atoms with Crippen LogP contribution in [0.25, 0.3) is 6.08 Å². The molecule has 1 aliphatic carbocycles. The summed E-state index contributed by atoms with van der Waals surface area (Å²) in [5, 5.41) is 0.730. The number of para-hydroxylation sites is 1. The van der Waals surface area contributed by atoms with Gasteiger partial charge in [-0.1, -0.05) is 56.2 Å². The van der Waals surface area contributed by atoms with Gasteiger partial charge in [-0.05, 0) is 84.1 Å². The predicted octanol–water partition coefficient (Wildman–Crippen LogP) is 7.60. The average molecular weight is 531 g/mol. The van der Waals surface area contributed by atoms with Crippen molar-refractivity contribution in [1.82, 2.24) is 4.90 Å². The van der Waals surface area contributed by atoms with E-state index in [4.69, 9.17) is 14.5 Å². The highest BCUT2D eigenvalue weighted by Gasteiger charge is 2.41. The number of benzene rings is 3. The topological polar surface area (TPSA) is 51.1 Å². The average Bonchev–Trinajstić information content (AvgIpc) is 3.22. The van der Waals surface area contributed by atoms with E-state index >= 15 is 0 Å². The molecule has 2 fully saturated rings. The number of amides is 1. The monoisotopic (exact) mass is 530 g/mol. The molecule has 1 saturated carbocycles. The molecular formula is C31H31FN2O3S. The zero-order valence-electron chi connectivity index (χ0n) is 21.6. The normalized spacial score (nSPS) is 21.8. The molecule has 2 aliphatic rings. The molecule has 0 radical (unpaired) electrons. The predicted molar refractivity (Wildman–Crippen MR) is 151 cm³/mol. The van der Waals surface area contributed by atoms with Gasteiger partial charge >= 0.3 is 0 Å². The highest BCUT2D eigenvalue weighted by molar-refractivity contribution is 8.18. The van der Waals surface area contributed by atoms with Crippen molar-refractivity contribution in [3.8, 4) is 11.5 Å². The third kappa shape index (κ3) is 5.94. The first-order valence-electron chi connectivity index (χ1n) is 12.9. The van der Waals surface area contributed by atoms with E-state index in [0.29, 0.717) is 22.3 Å². The Labute approximate surface area is 227 Å². The Bertz CT molecular complexity index is 1360. The molecule has 196 valence electrons. The molecule has 0 spiro atoms. The summed E-state index contributed by atoms with van der Waals surface area (Å²) >= 11 is 1.42. The lowest BCUT2D eigenvalue weighted by Gasteiger charge is -2.35. The van der Waals surface area contributed by atoms with E-state index < -0.39 is 0 Å². The maximum atomic E-state index is 13.7. The van der Waals surface area contributed by atoms with Gasteiger partial charge in [-0.15, -0.1) is 0 Å². The first kappa shape index (κ1) is 26.0. The number of amidine groups is 1. The van der Waals surface area contributed by atoms with Crippen LogP contribution in [0.5, 0.6) is 11.5 Å². The lowest BCUT2D eigenvalue weighted by molar-refractivity contribution is -0.124. The van der Waals surface area contributed by atoms with E-state index in [-0.39, 0.29) is 24.4 Å². The summed E-state index contributed by atoms with van der Waals surface area (Å²) < 4.78 is 25.0. The summed E-state index contributed by atoms with van der Waals surface area (Å²) in [6.45, 7) is 2.45. The van der Waals surface area contributed by atoms with Gasteiger partial charge in [0.25, 0.3) is 5.91 Å². The number of hydrogen-bond acceptors (Lipinski definition) is 5. The molecule has 0 N–H and O–H groups in total. The van der Waals surface area contributed by atoms with Crippen molar-refractivity contribution in [2.24, 2.45) is 10.9 Å². The van der Waals surface area contributed by atoms with Gasteiger partial charge in [-0.25, -0.2) is 9.38 Å². The maximum absolute atomic E-state index is 13.7. The van der Waals surface area contributed by atoms with E-state index in [9.17, 15) is 9.18 Å². The Kier molecular flexibility index (Phi) is 8.13. The van der Waals surface area contributed by atoms with Crippen molar-refractivity contribution in [3.05, 3.63) is 94.6 Å². The van der Waals surface area contributed by atoms with Crippen LogP contribution in [0.1, 0.15) is 43.7 Å². The van der Waals surface area contributed by atoms with Gasteiger partial charge < -0.3 is 9.47 Å².